The Labute approximate surface area is 95.8 Å². The second-order valence-corrected chi connectivity index (χ2v) is 4.19. The van der Waals surface area contributed by atoms with E-state index in [2.05, 4.69) is 17.9 Å². The number of nitrogens with zero attached hydrogens (tertiary/aromatic N) is 1. The molecule has 1 aliphatic rings. The molecule has 0 aromatic rings. The molecular weight excluding hydrogens is 212 g/mol. The van der Waals surface area contributed by atoms with E-state index in [0.717, 1.165) is 25.9 Å². The van der Waals surface area contributed by atoms with Crippen molar-refractivity contribution >= 4 is 24.4 Å². The highest BCUT2D eigenvalue weighted by Crippen LogP contribution is 2.10. The van der Waals surface area contributed by atoms with Gasteiger partial charge in [0.2, 0.25) is 11.8 Å². The lowest BCUT2D eigenvalue weighted by Crippen LogP contribution is -2.50. The number of nitrogens with one attached hydrogen (secondary N) is 1. The van der Waals surface area contributed by atoms with Crippen molar-refractivity contribution in [3.05, 3.63) is 0 Å². The Kier molecular flexibility index (Phi) is 4.94. The number of hydrogen-bond donors (Lipinski definition) is 2. The number of carbonyl (C=O) groups is 2. The highest BCUT2D eigenvalue weighted by Gasteiger charge is 2.24. The topological polar surface area (TPSA) is 49.4 Å². The molecule has 86 valence electrons. The fourth-order valence-electron chi connectivity index (χ4n) is 1.77. The molecule has 0 saturated carbocycles. The summed E-state index contributed by atoms with van der Waals surface area (Å²) in [6, 6.07) is -0.469. The number of hydrogen-bond acceptors (Lipinski definition) is 3. The van der Waals surface area contributed by atoms with Crippen molar-refractivity contribution in [2.75, 3.05) is 18.8 Å². The molecule has 1 atom stereocenters. The molecule has 0 spiro atoms. The molecule has 1 rings (SSSR count). The fraction of sp³-hybridized carbons (Fsp3) is 0.800. The molecule has 0 aliphatic carbocycles. The van der Waals surface area contributed by atoms with E-state index in [9.17, 15) is 9.59 Å². The van der Waals surface area contributed by atoms with Gasteiger partial charge in [-0.2, -0.15) is 12.6 Å². The summed E-state index contributed by atoms with van der Waals surface area (Å²) in [5.41, 5.74) is 0. The summed E-state index contributed by atoms with van der Waals surface area (Å²) in [4.78, 5) is 24.6. The van der Waals surface area contributed by atoms with E-state index in [-0.39, 0.29) is 11.8 Å². The van der Waals surface area contributed by atoms with Gasteiger partial charge in [-0.25, -0.2) is 0 Å². The normalized spacial score (nSPS) is 18.4. The third kappa shape index (κ3) is 3.74. The predicted molar refractivity (Wildman–Crippen MR) is 61.9 cm³/mol. The van der Waals surface area contributed by atoms with Crippen molar-refractivity contribution in [1.82, 2.24) is 10.2 Å². The highest BCUT2D eigenvalue weighted by atomic mass is 32.1. The second-order valence-electron chi connectivity index (χ2n) is 3.82. The summed E-state index contributed by atoms with van der Waals surface area (Å²) in [5.74, 6) is 0.175. The van der Waals surface area contributed by atoms with Crippen LogP contribution < -0.4 is 5.32 Å². The van der Waals surface area contributed by atoms with Gasteiger partial charge >= 0.3 is 0 Å². The van der Waals surface area contributed by atoms with Crippen LogP contribution in [-0.4, -0.2) is 41.6 Å². The number of amides is 2. The van der Waals surface area contributed by atoms with Gasteiger partial charge in [0.05, 0.1) is 0 Å². The van der Waals surface area contributed by atoms with Crippen molar-refractivity contribution in [2.24, 2.45) is 0 Å². The number of likely N-dealkylation sites (tertiary alicyclic amines) is 1. The molecule has 2 amide bonds. The standard InChI is InChI=1S/C10H18N2O2S/c1-8(13)11-9(7-15)10(14)12-5-3-2-4-6-12/h9,15H,2-7H2,1H3,(H,11,13)/t9-/m0/s1. The van der Waals surface area contributed by atoms with Gasteiger partial charge in [0.1, 0.15) is 6.04 Å². The van der Waals surface area contributed by atoms with Gasteiger partial charge in [0, 0.05) is 25.8 Å². The molecule has 5 heteroatoms. The zero-order valence-corrected chi connectivity index (χ0v) is 9.93. The van der Waals surface area contributed by atoms with Crippen molar-refractivity contribution < 1.29 is 9.59 Å². The molecule has 15 heavy (non-hydrogen) atoms. The van der Waals surface area contributed by atoms with Gasteiger partial charge < -0.3 is 10.2 Å². The van der Waals surface area contributed by atoms with Crippen molar-refractivity contribution in [3.63, 3.8) is 0 Å². The van der Waals surface area contributed by atoms with Crippen LogP contribution in [0, 0.1) is 0 Å². The third-order valence-electron chi connectivity index (χ3n) is 2.53. The zero-order valence-electron chi connectivity index (χ0n) is 9.03. The first kappa shape index (κ1) is 12.4. The summed E-state index contributed by atoms with van der Waals surface area (Å²) in [7, 11) is 0. The maximum absolute atomic E-state index is 11.9. The molecule has 1 saturated heterocycles. The predicted octanol–water partition coefficient (Wildman–Crippen LogP) is 0.433. The number of piperidine rings is 1. The molecule has 0 aromatic heterocycles. The van der Waals surface area contributed by atoms with Crippen LogP contribution in [0.1, 0.15) is 26.2 Å². The molecule has 0 unspecified atom stereocenters. The van der Waals surface area contributed by atoms with Gasteiger partial charge in [-0.3, -0.25) is 9.59 Å². The summed E-state index contributed by atoms with van der Waals surface area (Å²) < 4.78 is 0. The highest BCUT2D eigenvalue weighted by molar-refractivity contribution is 7.80. The fourth-order valence-corrected chi connectivity index (χ4v) is 2.01. The largest absolute Gasteiger partial charge is 0.344 e. The van der Waals surface area contributed by atoms with E-state index in [1.54, 1.807) is 0 Å². The average molecular weight is 230 g/mol. The Balaban J connectivity index is 2.50. The molecular formula is C10H18N2O2S. The first-order chi connectivity index (χ1) is 7.15. The van der Waals surface area contributed by atoms with Crippen LogP contribution >= 0.6 is 12.6 Å². The van der Waals surface area contributed by atoms with Gasteiger partial charge in [-0.15, -0.1) is 0 Å². The SMILES string of the molecule is CC(=O)N[C@@H](CS)C(=O)N1CCCCC1. The summed E-state index contributed by atoms with van der Waals surface area (Å²) in [6.07, 6.45) is 3.31. The molecule has 0 bridgehead atoms. The Morgan fingerprint density at radius 2 is 1.93 bits per heavy atom. The van der Waals surface area contributed by atoms with E-state index in [1.807, 2.05) is 4.90 Å². The third-order valence-corrected chi connectivity index (χ3v) is 2.89. The minimum atomic E-state index is -0.469. The van der Waals surface area contributed by atoms with E-state index in [4.69, 9.17) is 0 Å². The van der Waals surface area contributed by atoms with Crippen LogP contribution in [0.25, 0.3) is 0 Å². The van der Waals surface area contributed by atoms with E-state index < -0.39 is 6.04 Å². The lowest BCUT2D eigenvalue weighted by Gasteiger charge is -2.30. The molecule has 1 N–H and O–H groups in total. The lowest BCUT2D eigenvalue weighted by atomic mass is 10.1. The smallest absolute Gasteiger partial charge is 0.245 e. The summed E-state index contributed by atoms with van der Waals surface area (Å²) in [5, 5.41) is 2.62. The van der Waals surface area contributed by atoms with E-state index in [0.29, 0.717) is 5.75 Å². The molecule has 0 aromatic carbocycles. The van der Waals surface area contributed by atoms with Gasteiger partial charge in [-0.1, -0.05) is 0 Å². The first-order valence-electron chi connectivity index (χ1n) is 5.32. The van der Waals surface area contributed by atoms with E-state index >= 15 is 0 Å². The van der Waals surface area contributed by atoms with E-state index in [1.165, 1.54) is 13.3 Å². The first-order valence-corrected chi connectivity index (χ1v) is 5.95. The monoisotopic (exact) mass is 230 g/mol. The Bertz CT molecular complexity index is 240. The van der Waals surface area contributed by atoms with Crippen LogP contribution in [0.2, 0.25) is 0 Å². The van der Waals surface area contributed by atoms with Crippen LogP contribution in [-0.2, 0) is 9.59 Å². The van der Waals surface area contributed by atoms with Gasteiger partial charge in [0.25, 0.3) is 0 Å². The van der Waals surface area contributed by atoms with Crippen LogP contribution in [0.4, 0.5) is 0 Å². The molecule has 0 radical (unpaired) electrons. The van der Waals surface area contributed by atoms with Crippen LogP contribution in [0.5, 0.6) is 0 Å². The van der Waals surface area contributed by atoms with Crippen molar-refractivity contribution in [2.45, 2.75) is 32.2 Å². The maximum Gasteiger partial charge on any atom is 0.245 e. The number of rotatable bonds is 3. The summed E-state index contributed by atoms with van der Waals surface area (Å²) in [6.45, 7) is 3.03. The second kappa shape index (κ2) is 6.00. The van der Waals surface area contributed by atoms with Gasteiger partial charge in [-0.05, 0) is 19.3 Å². The van der Waals surface area contributed by atoms with Gasteiger partial charge in [0.15, 0.2) is 0 Å². The average Bonchev–Trinajstić information content (AvgIpc) is 2.26. The number of carbonyl (C=O) groups excluding carboxylic acids is 2. The van der Waals surface area contributed by atoms with Crippen molar-refractivity contribution in [1.29, 1.82) is 0 Å². The lowest BCUT2D eigenvalue weighted by molar-refractivity contribution is -0.136. The summed E-state index contributed by atoms with van der Waals surface area (Å²) >= 11 is 4.09. The molecule has 1 heterocycles. The Morgan fingerprint density at radius 3 is 2.40 bits per heavy atom. The molecule has 1 aliphatic heterocycles. The minimum absolute atomic E-state index is 0.0000926. The molecule has 4 nitrogen and oxygen atoms in total. The maximum atomic E-state index is 11.9. The minimum Gasteiger partial charge on any atom is -0.344 e. The quantitative estimate of drug-likeness (QED) is 0.691. The zero-order chi connectivity index (χ0) is 11.3. The Morgan fingerprint density at radius 1 is 1.33 bits per heavy atom. The van der Waals surface area contributed by atoms with Crippen LogP contribution in [0.3, 0.4) is 0 Å². The van der Waals surface area contributed by atoms with Crippen LogP contribution in [0.15, 0.2) is 0 Å². The van der Waals surface area contributed by atoms with Crippen molar-refractivity contribution in [3.8, 4) is 0 Å². The Hall–Kier alpha value is -0.710. The molecule has 1 fully saturated rings. The number of thiol groups is 1.